The zero-order chi connectivity index (χ0) is 23.3. The summed E-state index contributed by atoms with van der Waals surface area (Å²) in [6.07, 6.45) is 0. The molecule has 164 valence electrons. The van der Waals surface area contributed by atoms with Crippen LogP contribution in [0.4, 0.5) is 11.4 Å². The smallest absolute Gasteiger partial charge is 0.258 e. The molecule has 0 N–H and O–H groups in total. The van der Waals surface area contributed by atoms with E-state index in [1.54, 1.807) is 13.8 Å². The van der Waals surface area contributed by atoms with Crippen LogP contribution in [0.15, 0.2) is 58.3 Å². The molecule has 0 fully saturated rings. The highest BCUT2D eigenvalue weighted by Crippen LogP contribution is 2.21. The average Bonchev–Trinajstić information content (AvgIpc) is 2.67. The third-order valence-corrected chi connectivity index (χ3v) is 7.12. The molecule has 0 aliphatic heterocycles. The fourth-order valence-electron chi connectivity index (χ4n) is 1.95. The summed E-state index contributed by atoms with van der Waals surface area (Å²) in [5.74, 6) is 0. The van der Waals surface area contributed by atoms with Gasteiger partial charge in [-0.05, 0) is 26.0 Å². The van der Waals surface area contributed by atoms with Gasteiger partial charge in [-0.15, -0.1) is 0 Å². The Bertz CT molecular complexity index is 1150. The molecule has 0 aliphatic rings. The molecule has 11 nitrogen and oxygen atoms in total. The Morgan fingerprint density at radius 1 is 0.867 bits per heavy atom. The Kier molecular flexibility index (Phi) is 8.42. The summed E-state index contributed by atoms with van der Waals surface area (Å²) in [5, 5.41) is 20.8. The van der Waals surface area contributed by atoms with Crippen LogP contribution in [-0.4, -0.2) is 44.1 Å². The van der Waals surface area contributed by atoms with Crippen LogP contribution in [0.5, 0.6) is 0 Å². The molecule has 0 aromatic heterocycles. The molecule has 2 aromatic carbocycles. The molecule has 14 heteroatoms. The first-order valence-electron chi connectivity index (χ1n) is 8.09. The standard InChI is InChI=1S/C10H14N2O4S.C6H4ClNO4S/c1-8(2)11(3)17(15,16)10-6-4-5-9(7-10)12(13)14;7-13(11,12)6-3-1-2-5(4-6)8(9)10/h4-8H,1-3H3;1-4H. The number of non-ortho nitro benzene ring substituents is 2. The van der Waals surface area contributed by atoms with Crippen LogP contribution >= 0.6 is 10.7 Å². The molecule has 0 atom stereocenters. The molecule has 0 heterocycles. The van der Waals surface area contributed by atoms with Gasteiger partial charge < -0.3 is 0 Å². The van der Waals surface area contributed by atoms with E-state index in [1.807, 2.05) is 0 Å². The summed E-state index contributed by atoms with van der Waals surface area (Å²) in [4.78, 5) is 19.2. The Morgan fingerprint density at radius 3 is 1.63 bits per heavy atom. The van der Waals surface area contributed by atoms with E-state index < -0.39 is 28.9 Å². The van der Waals surface area contributed by atoms with Crippen molar-refractivity contribution in [2.24, 2.45) is 0 Å². The zero-order valence-corrected chi connectivity index (χ0v) is 18.4. The molecule has 0 spiro atoms. The minimum Gasteiger partial charge on any atom is -0.258 e. The highest BCUT2D eigenvalue weighted by molar-refractivity contribution is 8.13. The van der Waals surface area contributed by atoms with Crippen molar-refractivity contribution in [1.29, 1.82) is 0 Å². The molecule has 0 saturated heterocycles. The summed E-state index contributed by atoms with van der Waals surface area (Å²) in [6, 6.07) is 9.36. The Hall–Kier alpha value is -2.61. The van der Waals surface area contributed by atoms with Crippen LogP contribution in [0.3, 0.4) is 0 Å². The summed E-state index contributed by atoms with van der Waals surface area (Å²) < 4.78 is 46.8. The number of rotatable bonds is 6. The van der Waals surface area contributed by atoms with Crippen molar-refractivity contribution < 1.29 is 26.7 Å². The number of nitro groups is 2. The van der Waals surface area contributed by atoms with Crippen molar-refractivity contribution in [3.63, 3.8) is 0 Å². The van der Waals surface area contributed by atoms with Gasteiger partial charge in [0.25, 0.3) is 20.4 Å². The molecule has 0 radical (unpaired) electrons. The van der Waals surface area contributed by atoms with Gasteiger partial charge in [0, 0.05) is 48.0 Å². The van der Waals surface area contributed by atoms with E-state index in [0.29, 0.717) is 0 Å². The quantitative estimate of drug-likeness (QED) is 0.347. The van der Waals surface area contributed by atoms with Gasteiger partial charge in [0.1, 0.15) is 0 Å². The van der Waals surface area contributed by atoms with Crippen LogP contribution in [0.1, 0.15) is 13.8 Å². The first-order valence-corrected chi connectivity index (χ1v) is 11.8. The minimum absolute atomic E-state index is 0.0668. The first-order chi connectivity index (χ1) is 13.7. The van der Waals surface area contributed by atoms with Crippen molar-refractivity contribution >= 4 is 41.1 Å². The molecule has 2 rings (SSSR count). The van der Waals surface area contributed by atoms with Crippen molar-refractivity contribution in [3.8, 4) is 0 Å². The van der Waals surface area contributed by atoms with Gasteiger partial charge in [-0.3, -0.25) is 20.2 Å². The van der Waals surface area contributed by atoms with Gasteiger partial charge in [0.2, 0.25) is 10.0 Å². The fourth-order valence-corrected chi connectivity index (χ4v) is 4.15. The molecule has 0 amide bonds. The van der Waals surface area contributed by atoms with E-state index in [9.17, 15) is 37.1 Å². The van der Waals surface area contributed by atoms with Crippen LogP contribution < -0.4 is 0 Å². The highest BCUT2D eigenvalue weighted by Gasteiger charge is 2.24. The number of sulfonamides is 1. The topological polar surface area (TPSA) is 158 Å². The maximum absolute atomic E-state index is 12.1. The molecular formula is C16H18ClN3O8S2. The van der Waals surface area contributed by atoms with Gasteiger partial charge in [-0.1, -0.05) is 12.1 Å². The molecule has 0 bridgehead atoms. The fraction of sp³-hybridized carbons (Fsp3) is 0.250. The Labute approximate surface area is 177 Å². The average molecular weight is 480 g/mol. The third-order valence-electron chi connectivity index (χ3n) is 3.74. The zero-order valence-electron chi connectivity index (χ0n) is 16.0. The normalized spacial score (nSPS) is 11.7. The predicted molar refractivity (Wildman–Crippen MR) is 109 cm³/mol. The highest BCUT2D eigenvalue weighted by atomic mass is 35.7. The molecule has 0 unspecified atom stereocenters. The lowest BCUT2D eigenvalue weighted by molar-refractivity contribution is -0.385. The first kappa shape index (κ1) is 25.4. The van der Waals surface area contributed by atoms with Gasteiger partial charge in [0.05, 0.1) is 19.6 Å². The molecule has 2 aromatic rings. The minimum atomic E-state index is -3.89. The van der Waals surface area contributed by atoms with Gasteiger partial charge in [-0.25, -0.2) is 16.8 Å². The van der Waals surface area contributed by atoms with E-state index in [0.717, 1.165) is 12.1 Å². The SMILES string of the molecule is CC(C)N(C)S(=O)(=O)c1cccc([N+](=O)[O-])c1.O=[N+]([O-])c1cccc(S(=O)(=O)Cl)c1. The molecule has 30 heavy (non-hydrogen) atoms. The van der Waals surface area contributed by atoms with E-state index in [-0.39, 0.29) is 27.2 Å². The van der Waals surface area contributed by atoms with Gasteiger partial charge in [0.15, 0.2) is 0 Å². The van der Waals surface area contributed by atoms with Crippen molar-refractivity contribution in [1.82, 2.24) is 4.31 Å². The van der Waals surface area contributed by atoms with E-state index in [1.165, 1.54) is 47.8 Å². The summed E-state index contributed by atoms with van der Waals surface area (Å²) in [7, 11) is -1.13. The number of hydrogen-bond donors (Lipinski definition) is 0. The maximum atomic E-state index is 12.1. The number of benzene rings is 2. The van der Waals surface area contributed by atoms with E-state index in [2.05, 4.69) is 0 Å². The maximum Gasteiger partial charge on any atom is 0.270 e. The van der Waals surface area contributed by atoms with Crippen LogP contribution in [-0.2, 0) is 19.1 Å². The lowest BCUT2D eigenvalue weighted by Crippen LogP contribution is -2.33. The monoisotopic (exact) mass is 479 g/mol. The van der Waals surface area contributed by atoms with E-state index >= 15 is 0 Å². The predicted octanol–water partition coefficient (Wildman–Crippen LogP) is 3.15. The summed E-state index contributed by atoms with van der Waals surface area (Å²) in [6.45, 7) is 3.46. The number of nitrogens with zero attached hydrogens (tertiary/aromatic N) is 3. The Morgan fingerprint density at radius 2 is 1.27 bits per heavy atom. The van der Waals surface area contributed by atoms with Crippen LogP contribution in [0.2, 0.25) is 0 Å². The van der Waals surface area contributed by atoms with E-state index in [4.69, 9.17) is 10.7 Å². The van der Waals surface area contributed by atoms with Crippen molar-refractivity contribution in [2.45, 2.75) is 29.7 Å². The second kappa shape index (κ2) is 9.93. The number of halogens is 1. The third kappa shape index (κ3) is 6.73. The van der Waals surface area contributed by atoms with Gasteiger partial charge in [-0.2, -0.15) is 4.31 Å². The molecular weight excluding hydrogens is 462 g/mol. The van der Waals surface area contributed by atoms with Crippen molar-refractivity contribution in [3.05, 3.63) is 68.8 Å². The Balaban J connectivity index is 0.000000311. The second-order valence-electron chi connectivity index (χ2n) is 6.06. The van der Waals surface area contributed by atoms with Crippen LogP contribution in [0.25, 0.3) is 0 Å². The lowest BCUT2D eigenvalue weighted by Gasteiger charge is -2.20. The van der Waals surface area contributed by atoms with Crippen molar-refractivity contribution in [2.75, 3.05) is 7.05 Å². The molecule has 0 aliphatic carbocycles. The molecule has 0 saturated carbocycles. The summed E-state index contributed by atoms with van der Waals surface area (Å²) in [5.41, 5.74) is -0.537. The van der Waals surface area contributed by atoms with Gasteiger partial charge >= 0.3 is 0 Å². The van der Waals surface area contributed by atoms with Crippen LogP contribution in [0, 0.1) is 20.2 Å². The number of nitro benzene ring substituents is 2. The lowest BCUT2D eigenvalue weighted by atomic mass is 10.3. The second-order valence-corrected chi connectivity index (χ2v) is 10.6. The largest absolute Gasteiger partial charge is 0.270 e. The summed E-state index contributed by atoms with van der Waals surface area (Å²) >= 11 is 0. The number of hydrogen-bond acceptors (Lipinski definition) is 8.